The quantitative estimate of drug-likeness (QED) is 0.323. The topological polar surface area (TPSA) is 70.2 Å². The number of benzene rings is 1. The number of methoxy groups -OCH3 is 1. The Morgan fingerprint density at radius 1 is 1.23 bits per heavy atom. The molecule has 0 spiro atoms. The number of carbonyl (C=O) groups excluding carboxylic acids is 1. The van der Waals surface area contributed by atoms with Gasteiger partial charge in [0.2, 0.25) is 0 Å². The zero-order valence-corrected chi connectivity index (χ0v) is 15.7. The zero-order chi connectivity index (χ0) is 18.4. The Morgan fingerprint density at radius 2 is 2.04 bits per heavy atom. The summed E-state index contributed by atoms with van der Waals surface area (Å²) in [6.07, 6.45) is 2.43. The number of hydrogen-bond acceptors (Lipinski definition) is 6. The minimum Gasteiger partial charge on any atom is -0.461 e. The number of Topliss-reactive ketones (excluding diaryl/α,β-unsaturated/α-hetero) is 1. The van der Waals surface area contributed by atoms with Crippen LogP contribution in [0.2, 0.25) is 0 Å². The summed E-state index contributed by atoms with van der Waals surface area (Å²) in [6, 6.07) is 11.3. The van der Waals surface area contributed by atoms with Crippen LogP contribution in [0.25, 0.3) is 11.6 Å². The molecule has 0 atom stereocenters. The van der Waals surface area contributed by atoms with Gasteiger partial charge < -0.3 is 9.15 Å². The second-order valence-corrected chi connectivity index (χ2v) is 6.80. The van der Waals surface area contributed by atoms with Crippen molar-refractivity contribution in [3.63, 3.8) is 0 Å². The van der Waals surface area contributed by atoms with Gasteiger partial charge in [0, 0.05) is 25.8 Å². The van der Waals surface area contributed by atoms with Crippen LogP contribution in [0.15, 0.2) is 52.2 Å². The van der Waals surface area contributed by atoms with E-state index in [1.54, 1.807) is 13.4 Å². The number of carbonyl (C=O) groups is 1. The van der Waals surface area contributed by atoms with E-state index in [1.165, 1.54) is 11.8 Å². The highest BCUT2D eigenvalue weighted by molar-refractivity contribution is 7.99. The Balaban J connectivity index is 1.74. The number of nitrogens with zero attached hydrogens (tertiary/aromatic N) is 3. The molecule has 0 saturated carbocycles. The number of rotatable bonds is 9. The van der Waals surface area contributed by atoms with E-state index < -0.39 is 0 Å². The molecule has 0 saturated heterocycles. The number of ether oxygens (including phenoxy) is 1. The van der Waals surface area contributed by atoms with Crippen LogP contribution in [0.1, 0.15) is 22.3 Å². The van der Waals surface area contributed by atoms with E-state index in [9.17, 15) is 4.79 Å². The van der Waals surface area contributed by atoms with Gasteiger partial charge in [0.25, 0.3) is 0 Å². The highest BCUT2D eigenvalue weighted by Gasteiger charge is 2.17. The smallest absolute Gasteiger partial charge is 0.200 e. The lowest BCUT2D eigenvalue weighted by Crippen LogP contribution is -2.07. The van der Waals surface area contributed by atoms with Crippen LogP contribution in [0.3, 0.4) is 0 Å². The third kappa shape index (κ3) is 4.42. The second kappa shape index (κ2) is 8.82. The van der Waals surface area contributed by atoms with Crippen LogP contribution in [0.4, 0.5) is 0 Å². The summed E-state index contributed by atoms with van der Waals surface area (Å²) in [4.78, 5) is 12.4. The summed E-state index contributed by atoms with van der Waals surface area (Å²) in [5, 5.41) is 9.20. The first-order valence-corrected chi connectivity index (χ1v) is 9.36. The molecule has 0 bridgehead atoms. The van der Waals surface area contributed by atoms with E-state index in [2.05, 4.69) is 10.2 Å². The molecule has 136 valence electrons. The minimum absolute atomic E-state index is 0.0704. The first kappa shape index (κ1) is 18.4. The van der Waals surface area contributed by atoms with Crippen LogP contribution in [-0.2, 0) is 11.3 Å². The summed E-state index contributed by atoms with van der Waals surface area (Å²) >= 11 is 1.39. The number of ketones is 1. The molecule has 1 aromatic carbocycles. The van der Waals surface area contributed by atoms with Gasteiger partial charge >= 0.3 is 0 Å². The van der Waals surface area contributed by atoms with Crippen molar-refractivity contribution < 1.29 is 13.9 Å². The number of aromatic nitrogens is 3. The summed E-state index contributed by atoms with van der Waals surface area (Å²) in [6.45, 7) is 3.34. The molecule has 0 amide bonds. The largest absolute Gasteiger partial charge is 0.461 e. The molecular formula is C19H21N3O3S. The van der Waals surface area contributed by atoms with Crippen LogP contribution >= 0.6 is 11.8 Å². The lowest BCUT2D eigenvalue weighted by atomic mass is 10.1. The van der Waals surface area contributed by atoms with E-state index in [1.807, 2.05) is 47.9 Å². The molecule has 0 unspecified atom stereocenters. The molecular weight excluding hydrogens is 350 g/mol. The summed E-state index contributed by atoms with van der Waals surface area (Å²) in [5.41, 5.74) is 1.84. The molecule has 0 fully saturated rings. The van der Waals surface area contributed by atoms with Crippen molar-refractivity contribution in [2.75, 3.05) is 19.5 Å². The molecule has 0 aliphatic heterocycles. The molecule has 7 heteroatoms. The van der Waals surface area contributed by atoms with Crippen molar-refractivity contribution in [3.8, 4) is 11.6 Å². The van der Waals surface area contributed by atoms with Crippen LogP contribution < -0.4 is 0 Å². The van der Waals surface area contributed by atoms with Gasteiger partial charge in [-0.1, -0.05) is 41.6 Å². The van der Waals surface area contributed by atoms with E-state index in [0.717, 1.165) is 12.0 Å². The summed E-state index contributed by atoms with van der Waals surface area (Å²) < 4.78 is 12.6. The third-order valence-corrected chi connectivity index (χ3v) is 4.86. The van der Waals surface area contributed by atoms with E-state index >= 15 is 0 Å². The molecule has 6 nitrogen and oxygen atoms in total. The fourth-order valence-electron chi connectivity index (χ4n) is 2.50. The van der Waals surface area contributed by atoms with Gasteiger partial charge in [-0.2, -0.15) is 0 Å². The van der Waals surface area contributed by atoms with Crippen molar-refractivity contribution in [1.29, 1.82) is 0 Å². The van der Waals surface area contributed by atoms with E-state index in [0.29, 0.717) is 41.2 Å². The molecule has 0 aliphatic rings. The number of furan rings is 1. The molecule has 26 heavy (non-hydrogen) atoms. The Kier molecular flexibility index (Phi) is 6.25. The predicted molar refractivity (Wildman–Crippen MR) is 100 cm³/mol. The van der Waals surface area contributed by atoms with Gasteiger partial charge in [-0.25, -0.2) is 0 Å². The average Bonchev–Trinajstić information content (AvgIpc) is 3.30. The van der Waals surface area contributed by atoms with Crippen molar-refractivity contribution in [2.45, 2.75) is 25.0 Å². The van der Waals surface area contributed by atoms with Gasteiger partial charge in [0.05, 0.1) is 12.0 Å². The van der Waals surface area contributed by atoms with Crippen molar-refractivity contribution in [1.82, 2.24) is 14.8 Å². The van der Waals surface area contributed by atoms with Gasteiger partial charge in [0.15, 0.2) is 22.5 Å². The van der Waals surface area contributed by atoms with E-state index in [-0.39, 0.29) is 5.78 Å². The average molecular weight is 371 g/mol. The number of thioether (sulfide) groups is 1. The number of hydrogen-bond donors (Lipinski definition) is 0. The molecule has 3 aromatic rings. The van der Waals surface area contributed by atoms with Crippen LogP contribution in [0, 0.1) is 6.92 Å². The maximum Gasteiger partial charge on any atom is 0.200 e. The highest BCUT2D eigenvalue weighted by atomic mass is 32.2. The fraction of sp³-hybridized carbons (Fsp3) is 0.316. The van der Waals surface area contributed by atoms with E-state index in [4.69, 9.17) is 9.15 Å². The normalized spacial score (nSPS) is 11.0. The monoisotopic (exact) mass is 371 g/mol. The van der Waals surface area contributed by atoms with Gasteiger partial charge in [0.1, 0.15) is 0 Å². The van der Waals surface area contributed by atoms with Crippen LogP contribution in [-0.4, -0.2) is 40.0 Å². The lowest BCUT2D eigenvalue weighted by Gasteiger charge is -2.08. The standard InChI is InChI=1S/C19H21N3O3S/c1-14-6-8-15(9-7-14)16(23)13-26-19-21-20-18(17-5-3-12-25-17)22(19)10-4-11-24-2/h3,5-9,12H,4,10-11,13H2,1-2H3. The first-order chi connectivity index (χ1) is 12.7. The Labute approximate surface area is 156 Å². The molecule has 0 N–H and O–H groups in total. The molecule has 0 aliphatic carbocycles. The second-order valence-electron chi connectivity index (χ2n) is 5.86. The van der Waals surface area contributed by atoms with Crippen molar-refractivity contribution >= 4 is 17.5 Å². The SMILES string of the molecule is COCCCn1c(SCC(=O)c2ccc(C)cc2)nnc1-c1ccco1. The highest BCUT2D eigenvalue weighted by Crippen LogP contribution is 2.25. The lowest BCUT2D eigenvalue weighted by molar-refractivity contribution is 0.102. The fourth-order valence-corrected chi connectivity index (χ4v) is 3.36. The Morgan fingerprint density at radius 3 is 2.73 bits per heavy atom. The summed E-state index contributed by atoms with van der Waals surface area (Å²) in [7, 11) is 1.68. The Hall–Kier alpha value is -2.38. The maximum atomic E-state index is 12.4. The Bertz CT molecular complexity index is 842. The van der Waals surface area contributed by atoms with Crippen molar-refractivity contribution in [2.24, 2.45) is 0 Å². The third-order valence-electron chi connectivity index (χ3n) is 3.89. The summed E-state index contributed by atoms with van der Waals surface area (Å²) in [5.74, 6) is 1.70. The first-order valence-electron chi connectivity index (χ1n) is 8.37. The maximum absolute atomic E-state index is 12.4. The molecule has 3 rings (SSSR count). The van der Waals surface area contributed by atoms with Gasteiger partial charge in [-0.05, 0) is 25.5 Å². The number of aryl methyl sites for hydroxylation is 1. The molecule has 0 radical (unpaired) electrons. The minimum atomic E-state index is 0.0704. The van der Waals surface area contributed by atoms with Gasteiger partial charge in [-0.3, -0.25) is 9.36 Å². The predicted octanol–water partition coefficient (Wildman–Crippen LogP) is 3.86. The van der Waals surface area contributed by atoms with Crippen LogP contribution in [0.5, 0.6) is 0 Å². The molecule has 2 aromatic heterocycles. The zero-order valence-electron chi connectivity index (χ0n) is 14.8. The van der Waals surface area contributed by atoms with Crippen molar-refractivity contribution in [3.05, 3.63) is 53.8 Å². The molecule has 2 heterocycles. The van der Waals surface area contributed by atoms with Gasteiger partial charge in [-0.15, -0.1) is 10.2 Å².